The normalized spacial score (nSPS) is 19.5. The molecule has 0 aliphatic carbocycles. The second kappa shape index (κ2) is 7.23. The van der Waals surface area contributed by atoms with Crippen LogP contribution >= 0.6 is 15.9 Å². The molecule has 1 aliphatic heterocycles. The Morgan fingerprint density at radius 1 is 1.43 bits per heavy atom. The van der Waals surface area contributed by atoms with Gasteiger partial charge >= 0.3 is 0 Å². The van der Waals surface area contributed by atoms with Crippen LogP contribution in [0.3, 0.4) is 0 Å². The molecule has 14 heavy (non-hydrogen) atoms. The molecule has 1 fully saturated rings. The molecule has 4 heteroatoms. The van der Waals surface area contributed by atoms with E-state index in [-0.39, 0.29) is 0 Å². The van der Waals surface area contributed by atoms with Crippen molar-refractivity contribution in [1.29, 1.82) is 0 Å². The van der Waals surface area contributed by atoms with Crippen molar-refractivity contribution in [3.63, 3.8) is 0 Å². The molecule has 0 saturated carbocycles. The van der Waals surface area contributed by atoms with E-state index >= 15 is 0 Å². The number of likely N-dealkylation sites (tertiary alicyclic amines) is 1. The van der Waals surface area contributed by atoms with Crippen molar-refractivity contribution in [2.75, 3.05) is 31.6 Å². The van der Waals surface area contributed by atoms with E-state index in [0.29, 0.717) is 13.1 Å². The van der Waals surface area contributed by atoms with E-state index in [9.17, 15) is 4.79 Å². The third-order valence-corrected chi connectivity index (χ3v) is 3.28. The molecular weight excluding hydrogens is 246 g/mol. The van der Waals surface area contributed by atoms with Crippen LogP contribution in [0.25, 0.3) is 0 Å². The van der Waals surface area contributed by atoms with E-state index in [1.807, 2.05) is 0 Å². The van der Waals surface area contributed by atoms with Crippen molar-refractivity contribution in [3.05, 3.63) is 0 Å². The summed E-state index contributed by atoms with van der Waals surface area (Å²) in [6.45, 7) is 4.25. The summed E-state index contributed by atoms with van der Waals surface area (Å²) < 4.78 is 4.68. The number of halogens is 1. The van der Waals surface area contributed by atoms with Crippen molar-refractivity contribution in [2.24, 2.45) is 5.92 Å². The standard InChI is InChI=1S/C10H18BrNO2/c11-4-1-10-2-5-12(6-3-10)7-8-14-9-13/h9-10H,1-8H2. The number of alkyl halides is 1. The van der Waals surface area contributed by atoms with Gasteiger partial charge in [-0.2, -0.15) is 0 Å². The number of carbonyl (C=O) groups is 1. The minimum absolute atomic E-state index is 0.525. The highest BCUT2D eigenvalue weighted by molar-refractivity contribution is 9.09. The molecule has 0 radical (unpaired) electrons. The van der Waals surface area contributed by atoms with Crippen LogP contribution in [-0.4, -0.2) is 42.9 Å². The van der Waals surface area contributed by atoms with Gasteiger partial charge in [0.2, 0.25) is 0 Å². The van der Waals surface area contributed by atoms with Gasteiger partial charge in [-0.15, -0.1) is 0 Å². The number of nitrogens with zero attached hydrogens (tertiary/aromatic N) is 1. The monoisotopic (exact) mass is 263 g/mol. The molecule has 1 heterocycles. The molecule has 0 spiro atoms. The maximum atomic E-state index is 9.94. The van der Waals surface area contributed by atoms with Gasteiger partial charge in [-0.05, 0) is 38.3 Å². The summed E-state index contributed by atoms with van der Waals surface area (Å²) in [7, 11) is 0. The van der Waals surface area contributed by atoms with Crippen molar-refractivity contribution in [1.82, 2.24) is 4.90 Å². The number of ether oxygens (including phenoxy) is 1. The summed E-state index contributed by atoms with van der Waals surface area (Å²) >= 11 is 3.48. The third-order valence-electron chi connectivity index (χ3n) is 2.82. The number of piperidine rings is 1. The molecule has 0 unspecified atom stereocenters. The van der Waals surface area contributed by atoms with Gasteiger partial charge in [-0.1, -0.05) is 15.9 Å². The molecular formula is C10H18BrNO2. The highest BCUT2D eigenvalue weighted by Gasteiger charge is 2.17. The lowest BCUT2D eigenvalue weighted by Gasteiger charge is -2.31. The highest BCUT2D eigenvalue weighted by atomic mass is 79.9. The first-order valence-corrected chi connectivity index (χ1v) is 6.32. The van der Waals surface area contributed by atoms with Crippen LogP contribution < -0.4 is 0 Å². The Balaban J connectivity index is 2.06. The molecule has 0 bridgehead atoms. The van der Waals surface area contributed by atoms with Gasteiger partial charge in [-0.3, -0.25) is 9.69 Å². The van der Waals surface area contributed by atoms with Gasteiger partial charge in [0.1, 0.15) is 6.61 Å². The molecule has 0 aromatic carbocycles. The molecule has 3 nitrogen and oxygen atoms in total. The van der Waals surface area contributed by atoms with Gasteiger partial charge in [-0.25, -0.2) is 0 Å². The molecule has 0 amide bonds. The van der Waals surface area contributed by atoms with Crippen molar-refractivity contribution < 1.29 is 9.53 Å². The van der Waals surface area contributed by atoms with E-state index in [1.54, 1.807) is 0 Å². The topological polar surface area (TPSA) is 29.5 Å². The Morgan fingerprint density at radius 2 is 2.14 bits per heavy atom. The summed E-state index contributed by atoms with van der Waals surface area (Å²) in [5, 5.41) is 1.12. The summed E-state index contributed by atoms with van der Waals surface area (Å²) in [6.07, 6.45) is 3.86. The van der Waals surface area contributed by atoms with E-state index in [0.717, 1.165) is 30.9 Å². The lowest BCUT2D eigenvalue weighted by Crippen LogP contribution is -2.36. The largest absolute Gasteiger partial charge is 0.467 e. The second-order valence-corrected chi connectivity index (χ2v) is 4.52. The van der Waals surface area contributed by atoms with Crippen LogP contribution in [0.5, 0.6) is 0 Å². The fraction of sp³-hybridized carbons (Fsp3) is 0.900. The van der Waals surface area contributed by atoms with Gasteiger partial charge in [0.05, 0.1) is 0 Å². The number of hydrogen-bond donors (Lipinski definition) is 0. The Bertz CT molecular complexity index is 158. The van der Waals surface area contributed by atoms with Crippen molar-refractivity contribution >= 4 is 22.4 Å². The lowest BCUT2D eigenvalue weighted by atomic mass is 9.94. The van der Waals surface area contributed by atoms with E-state index in [4.69, 9.17) is 0 Å². The highest BCUT2D eigenvalue weighted by Crippen LogP contribution is 2.20. The first-order chi connectivity index (χ1) is 6.86. The molecule has 1 rings (SSSR count). The smallest absolute Gasteiger partial charge is 0.293 e. The lowest BCUT2D eigenvalue weighted by molar-refractivity contribution is -0.129. The molecule has 1 saturated heterocycles. The quantitative estimate of drug-likeness (QED) is 0.415. The van der Waals surface area contributed by atoms with E-state index in [1.165, 1.54) is 19.3 Å². The zero-order valence-electron chi connectivity index (χ0n) is 8.45. The SMILES string of the molecule is O=COCCN1CCC(CCBr)CC1. The van der Waals surface area contributed by atoms with Crippen LogP contribution in [0.4, 0.5) is 0 Å². The molecule has 0 aromatic heterocycles. The van der Waals surface area contributed by atoms with Gasteiger partial charge in [0.25, 0.3) is 6.47 Å². The summed E-state index contributed by atoms with van der Waals surface area (Å²) in [5.74, 6) is 0.887. The third kappa shape index (κ3) is 4.42. The average Bonchev–Trinajstić information content (AvgIpc) is 2.21. The molecule has 0 aromatic rings. The Labute approximate surface area is 93.9 Å². The van der Waals surface area contributed by atoms with Crippen LogP contribution in [0.2, 0.25) is 0 Å². The first kappa shape index (κ1) is 12.0. The van der Waals surface area contributed by atoms with Crippen molar-refractivity contribution in [2.45, 2.75) is 19.3 Å². The minimum atomic E-state index is 0.525. The van der Waals surface area contributed by atoms with E-state index in [2.05, 4.69) is 25.6 Å². The van der Waals surface area contributed by atoms with Gasteiger partial charge < -0.3 is 4.74 Å². The maximum absolute atomic E-state index is 9.94. The molecule has 0 N–H and O–H groups in total. The zero-order valence-corrected chi connectivity index (χ0v) is 10.0. The first-order valence-electron chi connectivity index (χ1n) is 5.20. The predicted molar refractivity (Wildman–Crippen MR) is 59.6 cm³/mol. The van der Waals surface area contributed by atoms with Crippen LogP contribution in [0.15, 0.2) is 0 Å². The molecule has 1 aliphatic rings. The maximum Gasteiger partial charge on any atom is 0.293 e. The van der Waals surface area contributed by atoms with E-state index < -0.39 is 0 Å². The van der Waals surface area contributed by atoms with Crippen LogP contribution in [-0.2, 0) is 9.53 Å². The fourth-order valence-electron chi connectivity index (χ4n) is 1.88. The summed E-state index contributed by atoms with van der Waals surface area (Å²) in [5.41, 5.74) is 0. The summed E-state index contributed by atoms with van der Waals surface area (Å²) in [4.78, 5) is 12.3. The summed E-state index contributed by atoms with van der Waals surface area (Å²) in [6, 6.07) is 0. The zero-order chi connectivity index (χ0) is 10.2. The Kier molecular flexibility index (Phi) is 6.19. The second-order valence-electron chi connectivity index (χ2n) is 3.73. The molecule has 82 valence electrons. The fourth-order valence-corrected chi connectivity index (χ4v) is 2.53. The number of hydrogen-bond acceptors (Lipinski definition) is 3. The van der Waals surface area contributed by atoms with Gasteiger partial charge in [0, 0.05) is 11.9 Å². The minimum Gasteiger partial charge on any atom is -0.467 e. The average molecular weight is 264 g/mol. The van der Waals surface area contributed by atoms with Crippen LogP contribution in [0, 0.1) is 5.92 Å². The van der Waals surface area contributed by atoms with Crippen molar-refractivity contribution in [3.8, 4) is 0 Å². The Hall–Kier alpha value is -0.0900. The van der Waals surface area contributed by atoms with Crippen LogP contribution in [0.1, 0.15) is 19.3 Å². The molecule has 0 atom stereocenters. The number of carbonyl (C=O) groups excluding carboxylic acids is 1. The predicted octanol–water partition coefficient (Wildman–Crippen LogP) is 1.66. The van der Waals surface area contributed by atoms with Gasteiger partial charge in [0.15, 0.2) is 0 Å². The number of rotatable bonds is 6. The Morgan fingerprint density at radius 3 is 2.71 bits per heavy atom.